The summed E-state index contributed by atoms with van der Waals surface area (Å²) in [6.07, 6.45) is 3.02. The first-order valence-electron chi connectivity index (χ1n) is 12.5. The van der Waals surface area contributed by atoms with Crippen LogP contribution in [0.4, 0.5) is 11.4 Å². The number of hydrogen-bond acceptors (Lipinski definition) is 4. The van der Waals surface area contributed by atoms with Crippen LogP contribution in [0.25, 0.3) is 0 Å². The van der Waals surface area contributed by atoms with Gasteiger partial charge in [0.25, 0.3) is 15.9 Å². The highest BCUT2D eigenvalue weighted by atomic mass is 32.2. The maximum Gasteiger partial charge on any atom is 0.264 e. The lowest BCUT2D eigenvalue weighted by atomic mass is 10.1. The highest BCUT2D eigenvalue weighted by Gasteiger charge is 2.28. The van der Waals surface area contributed by atoms with Crippen LogP contribution in [-0.4, -0.2) is 44.8 Å². The van der Waals surface area contributed by atoms with Crippen LogP contribution in [0.1, 0.15) is 46.3 Å². The van der Waals surface area contributed by atoms with Gasteiger partial charge < -0.3 is 10.2 Å². The predicted octanol–water partition coefficient (Wildman–Crippen LogP) is 5.07. The van der Waals surface area contributed by atoms with Crippen LogP contribution in [0.5, 0.6) is 0 Å². The Morgan fingerprint density at radius 2 is 1.46 bits per heavy atom. The van der Waals surface area contributed by atoms with Crippen molar-refractivity contribution in [1.82, 2.24) is 4.90 Å². The summed E-state index contributed by atoms with van der Waals surface area (Å²) >= 11 is 0. The third-order valence-corrected chi connectivity index (χ3v) is 8.25. The summed E-state index contributed by atoms with van der Waals surface area (Å²) < 4.78 is 28.6. The molecule has 1 heterocycles. The van der Waals surface area contributed by atoms with E-state index in [-0.39, 0.29) is 10.8 Å². The molecule has 4 rings (SSSR count). The van der Waals surface area contributed by atoms with E-state index in [1.807, 2.05) is 26.8 Å². The van der Waals surface area contributed by atoms with Crippen LogP contribution in [0.15, 0.2) is 71.6 Å². The summed E-state index contributed by atoms with van der Waals surface area (Å²) in [4.78, 5) is 28.4. The molecule has 1 aliphatic heterocycles. The van der Waals surface area contributed by atoms with Crippen molar-refractivity contribution in [3.63, 3.8) is 0 Å². The third kappa shape index (κ3) is 6.20. The molecule has 0 saturated carbocycles. The van der Waals surface area contributed by atoms with E-state index in [2.05, 4.69) is 5.32 Å². The number of anilines is 2. The van der Waals surface area contributed by atoms with Crippen molar-refractivity contribution < 1.29 is 18.0 Å². The molecular weight excluding hydrogens is 486 g/mol. The Balaban J connectivity index is 1.64. The Bertz CT molecular complexity index is 1370. The maximum absolute atomic E-state index is 13.7. The van der Waals surface area contributed by atoms with Crippen molar-refractivity contribution in [3.8, 4) is 0 Å². The van der Waals surface area contributed by atoms with Crippen LogP contribution in [0, 0.1) is 20.8 Å². The van der Waals surface area contributed by atoms with E-state index >= 15 is 0 Å². The third-order valence-electron chi connectivity index (χ3n) is 6.47. The molecule has 2 amide bonds. The molecule has 1 saturated heterocycles. The van der Waals surface area contributed by atoms with E-state index in [0.717, 1.165) is 40.3 Å². The van der Waals surface area contributed by atoms with E-state index in [1.165, 1.54) is 0 Å². The Labute approximate surface area is 219 Å². The number of carbonyl (C=O) groups is 2. The van der Waals surface area contributed by atoms with Crippen LogP contribution < -0.4 is 9.62 Å². The smallest absolute Gasteiger partial charge is 0.264 e. The van der Waals surface area contributed by atoms with Gasteiger partial charge in [-0.25, -0.2) is 8.42 Å². The zero-order valence-electron chi connectivity index (χ0n) is 21.5. The summed E-state index contributed by atoms with van der Waals surface area (Å²) in [5.74, 6) is -0.664. The first-order chi connectivity index (χ1) is 17.6. The molecule has 0 bridgehead atoms. The van der Waals surface area contributed by atoms with Gasteiger partial charge in [0.2, 0.25) is 5.91 Å². The van der Waals surface area contributed by atoms with Gasteiger partial charge in [-0.3, -0.25) is 13.9 Å². The number of amides is 2. The van der Waals surface area contributed by atoms with E-state index in [4.69, 9.17) is 0 Å². The fraction of sp³-hybridized carbons (Fsp3) is 0.310. The minimum absolute atomic E-state index is 0.103. The molecule has 0 aromatic heterocycles. The van der Waals surface area contributed by atoms with Crippen molar-refractivity contribution in [1.29, 1.82) is 0 Å². The number of sulfonamides is 1. The van der Waals surface area contributed by atoms with Gasteiger partial charge in [0.1, 0.15) is 6.54 Å². The van der Waals surface area contributed by atoms with Crippen molar-refractivity contribution in [2.75, 3.05) is 29.3 Å². The quantitative estimate of drug-likeness (QED) is 0.472. The second-order valence-electron chi connectivity index (χ2n) is 9.62. The maximum atomic E-state index is 13.7. The molecule has 0 aliphatic carbocycles. The van der Waals surface area contributed by atoms with E-state index in [9.17, 15) is 18.0 Å². The fourth-order valence-corrected chi connectivity index (χ4v) is 6.02. The zero-order valence-corrected chi connectivity index (χ0v) is 22.3. The number of hydrogen-bond donors (Lipinski definition) is 1. The van der Waals surface area contributed by atoms with Crippen LogP contribution in [0.2, 0.25) is 0 Å². The Hall–Kier alpha value is -3.65. The molecule has 7 nitrogen and oxygen atoms in total. The molecule has 194 valence electrons. The van der Waals surface area contributed by atoms with Gasteiger partial charge in [-0.1, -0.05) is 35.9 Å². The summed E-state index contributed by atoms with van der Waals surface area (Å²) in [6, 6.07) is 18.9. The molecule has 0 unspecified atom stereocenters. The average molecular weight is 520 g/mol. The monoisotopic (exact) mass is 519 g/mol. The molecule has 1 aliphatic rings. The largest absolute Gasteiger partial charge is 0.339 e. The molecule has 0 atom stereocenters. The second-order valence-corrected chi connectivity index (χ2v) is 11.5. The zero-order chi connectivity index (χ0) is 26.6. The van der Waals surface area contributed by atoms with E-state index < -0.39 is 22.5 Å². The molecular formula is C29H33N3O4S. The van der Waals surface area contributed by atoms with E-state index in [1.54, 1.807) is 65.6 Å². The van der Waals surface area contributed by atoms with Gasteiger partial charge >= 0.3 is 0 Å². The van der Waals surface area contributed by atoms with Gasteiger partial charge in [-0.2, -0.15) is 0 Å². The van der Waals surface area contributed by atoms with Crippen molar-refractivity contribution in [2.24, 2.45) is 0 Å². The number of nitrogens with zero attached hydrogens (tertiary/aromatic N) is 2. The first kappa shape index (κ1) is 26.4. The minimum Gasteiger partial charge on any atom is -0.339 e. The average Bonchev–Trinajstić information content (AvgIpc) is 2.87. The molecule has 0 radical (unpaired) electrons. The predicted molar refractivity (Wildman–Crippen MR) is 146 cm³/mol. The Kier molecular flexibility index (Phi) is 7.97. The molecule has 3 aromatic rings. The minimum atomic E-state index is -4.04. The number of carbonyl (C=O) groups excluding carboxylic acids is 2. The number of para-hydroxylation sites is 1. The lowest BCUT2D eigenvalue weighted by Crippen LogP contribution is -2.39. The van der Waals surface area contributed by atoms with Crippen molar-refractivity contribution in [3.05, 3.63) is 89.0 Å². The number of nitrogens with one attached hydrogen (secondary N) is 1. The number of rotatable bonds is 7. The van der Waals surface area contributed by atoms with Crippen LogP contribution >= 0.6 is 0 Å². The summed E-state index contributed by atoms with van der Waals surface area (Å²) in [5.41, 5.74) is 3.89. The van der Waals surface area contributed by atoms with Crippen LogP contribution in [0.3, 0.4) is 0 Å². The highest BCUT2D eigenvalue weighted by Crippen LogP contribution is 2.27. The van der Waals surface area contributed by atoms with Crippen LogP contribution in [-0.2, 0) is 14.8 Å². The molecule has 1 N–H and O–H groups in total. The fourth-order valence-electron chi connectivity index (χ4n) is 4.61. The summed E-state index contributed by atoms with van der Waals surface area (Å²) in [7, 11) is -4.04. The lowest BCUT2D eigenvalue weighted by molar-refractivity contribution is -0.114. The molecule has 8 heteroatoms. The highest BCUT2D eigenvalue weighted by molar-refractivity contribution is 7.92. The summed E-state index contributed by atoms with van der Waals surface area (Å²) in [5, 5.41) is 2.80. The Morgan fingerprint density at radius 1 is 0.838 bits per heavy atom. The molecule has 3 aromatic carbocycles. The van der Waals surface area contributed by atoms with Gasteiger partial charge in [0.15, 0.2) is 0 Å². The molecule has 0 spiro atoms. The van der Waals surface area contributed by atoms with Crippen molar-refractivity contribution >= 4 is 33.2 Å². The van der Waals surface area contributed by atoms with Gasteiger partial charge in [0.05, 0.1) is 21.8 Å². The van der Waals surface area contributed by atoms with Gasteiger partial charge in [-0.05, 0) is 87.6 Å². The lowest BCUT2D eigenvalue weighted by Gasteiger charge is -2.28. The first-order valence-corrected chi connectivity index (χ1v) is 13.9. The van der Waals surface area contributed by atoms with Gasteiger partial charge in [-0.15, -0.1) is 0 Å². The van der Waals surface area contributed by atoms with Gasteiger partial charge in [0, 0.05) is 13.1 Å². The van der Waals surface area contributed by atoms with Crippen molar-refractivity contribution in [2.45, 2.75) is 44.9 Å². The molecule has 1 fully saturated rings. The summed E-state index contributed by atoms with van der Waals surface area (Å²) in [6.45, 7) is 6.59. The normalized spacial score (nSPS) is 13.8. The standard InChI is InChI=1S/C29H33N3O4S/c1-21-11-13-25(14-12-21)37(35,36)32(24-18-22(2)17-23(3)19-24)20-28(33)30-27-10-6-5-9-26(27)29(34)31-15-7-4-8-16-31/h5-6,9-14,17-19H,4,7-8,15-16,20H2,1-3H3,(H,30,33). The SMILES string of the molecule is Cc1ccc(S(=O)(=O)N(CC(=O)Nc2ccccc2C(=O)N2CCCCC2)c2cc(C)cc(C)c2)cc1. The Morgan fingerprint density at radius 3 is 2.11 bits per heavy atom. The second kappa shape index (κ2) is 11.2. The van der Waals surface area contributed by atoms with E-state index in [0.29, 0.717) is 30.0 Å². The number of benzene rings is 3. The number of aryl methyl sites for hydroxylation is 3. The number of piperidine rings is 1. The number of likely N-dealkylation sites (tertiary alicyclic amines) is 1. The topological polar surface area (TPSA) is 86.8 Å². The molecule has 37 heavy (non-hydrogen) atoms.